The first-order chi connectivity index (χ1) is 11.4. The molecule has 0 radical (unpaired) electrons. The maximum atomic E-state index is 12.4. The monoisotopic (exact) mass is 346 g/mol. The Hall–Kier alpha value is -2.73. The Labute approximate surface area is 143 Å². The van der Waals surface area contributed by atoms with E-state index in [1.807, 2.05) is 30.3 Å². The highest BCUT2D eigenvalue weighted by molar-refractivity contribution is 6.37. The number of rotatable bonds is 6. The maximum Gasteiger partial charge on any atom is 0.265 e. The summed E-state index contributed by atoms with van der Waals surface area (Å²) < 4.78 is 0. The number of halogens is 1. The molecule has 0 spiro atoms. The van der Waals surface area contributed by atoms with Gasteiger partial charge in [-0.3, -0.25) is 19.7 Å². The first kappa shape index (κ1) is 17.6. The van der Waals surface area contributed by atoms with E-state index in [2.05, 4.69) is 5.32 Å². The number of Topliss-reactive ketones (excluding diaryl/α,β-unsaturated/α-hetero) is 1. The molecule has 0 fully saturated rings. The normalized spacial score (nSPS) is 11.6. The quantitative estimate of drug-likeness (QED) is 0.492. The molecular formula is C17H15ClN2O4. The number of anilines is 1. The topological polar surface area (TPSA) is 89.3 Å². The van der Waals surface area contributed by atoms with Crippen LogP contribution in [0.3, 0.4) is 0 Å². The molecular weight excluding hydrogens is 332 g/mol. The van der Waals surface area contributed by atoms with Crippen LogP contribution < -0.4 is 5.32 Å². The third-order valence-electron chi connectivity index (χ3n) is 3.52. The van der Waals surface area contributed by atoms with Gasteiger partial charge < -0.3 is 5.32 Å². The number of carbonyl (C=O) groups is 2. The lowest BCUT2D eigenvalue weighted by molar-refractivity contribution is -0.465. The molecule has 124 valence electrons. The summed E-state index contributed by atoms with van der Waals surface area (Å²) in [7, 11) is 0. The SMILES string of the molecule is CC(C(=O)Nc1cccc(C(=O)C[N+](=O)[O-])c1Cl)c1ccccc1. The highest BCUT2D eigenvalue weighted by Gasteiger charge is 2.20. The number of nitrogens with one attached hydrogen (secondary N) is 1. The van der Waals surface area contributed by atoms with Crippen molar-refractivity contribution < 1.29 is 14.5 Å². The Bertz CT molecular complexity index is 777. The molecule has 0 saturated heterocycles. The zero-order chi connectivity index (χ0) is 17.7. The molecule has 1 amide bonds. The van der Waals surface area contributed by atoms with Crippen molar-refractivity contribution in [3.63, 3.8) is 0 Å². The van der Waals surface area contributed by atoms with Crippen LogP contribution in [0, 0.1) is 10.1 Å². The summed E-state index contributed by atoms with van der Waals surface area (Å²) in [4.78, 5) is 33.9. The third-order valence-corrected chi connectivity index (χ3v) is 3.93. The van der Waals surface area contributed by atoms with Crippen molar-refractivity contribution in [3.05, 3.63) is 74.8 Å². The molecule has 1 atom stereocenters. The number of nitro groups is 1. The van der Waals surface area contributed by atoms with Crippen molar-refractivity contribution in [2.24, 2.45) is 0 Å². The van der Waals surface area contributed by atoms with Crippen LogP contribution in [-0.2, 0) is 4.79 Å². The van der Waals surface area contributed by atoms with Gasteiger partial charge in [-0.2, -0.15) is 0 Å². The van der Waals surface area contributed by atoms with Gasteiger partial charge in [0.05, 0.1) is 16.6 Å². The van der Waals surface area contributed by atoms with Crippen LogP contribution in [0.2, 0.25) is 5.02 Å². The molecule has 6 nitrogen and oxygen atoms in total. The van der Waals surface area contributed by atoms with Crippen LogP contribution in [0.25, 0.3) is 0 Å². The first-order valence-electron chi connectivity index (χ1n) is 7.19. The highest BCUT2D eigenvalue weighted by Crippen LogP contribution is 2.28. The average molecular weight is 347 g/mol. The minimum Gasteiger partial charge on any atom is -0.324 e. The number of hydrogen-bond donors (Lipinski definition) is 1. The van der Waals surface area contributed by atoms with Crippen molar-refractivity contribution in [2.75, 3.05) is 11.9 Å². The molecule has 0 bridgehead atoms. The fraction of sp³-hybridized carbons (Fsp3) is 0.176. The van der Waals surface area contributed by atoms with E-state index in [1.54, 1.807) is 13.0 Å². The average Bonchev–Trinajstić information content (AvgIpc) is 2.56. The van der Waals surface area contributed by atoms with Crippen molar-refractivity contribution in [1.29, 1.82) is 0 Å². The molecule has 7 heteroatoms. The number of nitrogens with zero attached hydrogens (tertiary/aromatic N) is 1. The van der Waals surface area contributed by atoms with Crippen molar-refractivity contribution in [1.82, 2.24) is 0 Å². The van der Waals surface area contributed by atoms with E-state index >= 15 is 0 Å². The Balaban J connectivity index is 2.19. The number of benzene rings is 2. The molecule has 0 aliphatic heterocycles. The van der Waals surface area contributed by atoms with E-state index in [0.29, 0.717) is 0 Å². The van der Waals surface area contributed by atoms with E-state index in [1.165, 1.54) is 12.1 Å². The second-order valence-corrected chi connectivity index (χ2v) is 5.58. The minimum absolute atomic E-state index is 0.00189. The van der Waals surface area contributed by atoms with Gasteiger partial charge in [-0.25, -0.2) is 0 Å². The van der Waals surface area contributed by atoms with Gasteiger partial charge in [0.2, 0.25) is 11.7 Å². The maximum absolute atomic E-state index is 12.4. The third kappa shape index (κ3) is 4.17. The van der Waals surface area contributed by atoms with E-state index in [-0.39, 0.29) is 22.2 Å². The predicted molar refractivity (Wildman–Crippen MR) is 91.1 cm³/mol. The molecule has 0 aliphatic rings. The fourth-order valence-corrected chi connectivity index (χ4v) is 2.46. The number of hydrogen-bond acceptors (Lipinski definition) is 4. The van der Waals surface area contributed by atoms with Crippen molar-refractivity contribution >= 4 is 29.0 Å². The first-order valence-corrected chi connectivity index (χ1v) is 7.57. The van der Waals surface area contributed by atoms with Gasteiger partial charge in [0.1, 0.15) is 0 Å². The Morgan fingerprint density at radius 2 is 1.83 bits per heavy atom. The number of ketones is 1. The lowest BCUT2D eigenvalue weighted by Crippen LogP contribution is -2.20. The molecule has 2 rings (SSSR count). The van der Waals surface area contributed by atoms with Crippen LogP contribution >= 0.6 is 11.6 Å². The largest absolute Gasteiger partial charge is 0.324 e. The molecule has 1 N–H and O–H groups in total. The molecule has 0 aliphatic carbocycles. The van der Waals surface area contributed by atoms with Crippen molar-refractivity contribution in [2.45, 2.75) is 12.8 Å². The second kappa shape index (κ2) is 7.70. The molecule has 0 aromatic heterocycles. The van der Waals surface area contributed by atoms with E-state index in [4.69, 9.17) is 11.6 Å². The predicted octanol–water partition coefficient (Wildman–Crippen LogP) is 3.54. The fourth-order valence-electron chi connectivity index (χ4n) is 2.18. The minimum atomic E-state index is -0.850. The van der Waals surface area contributed by atoms with Gasteiger partial charge in [-0.1, -0.05) is 48.0 Å². The molecule has 0 saturated carbocycles. The molecule has 24 heavy (non-hydrogen) atoms. The summed E-state index contributed by atoms with van der Waals surface area (Å²) in [5.41, 5.74) is 1.10. The number of carbonyl (C=O) groups excluding carboxylic acids is 2. The zero-order valence-corrected chi connectivity index (χ0v) is 13.6. The Morgan fingerprint density at radius 3 is 2.46 bits per heavy atom. The van der Waals surface area contributed by atoms with Crippen LogP contribution in [-0.4, -0.2) is 23.2 Å². The van der Waals surface area contributed by atoms with E-state index in [9.17, 15) is 19.7 Å². The lowest BCUT2D eigenvalue weighted by atomic mass is 10.0. The molecule has 2 aromatic carbocycles. The Morgan fingerprint density at radius 1 is 1.17 bits per heavy atom. The van der Waals surface area contributed by atoms with Gasteiger partial charge in [-0.05, 0) is 24.6 Å². The zero-order valence-electron chi connectivity index (χ0n) is 12.9. The van der Waals surface area contributed by atoms with Gasteiger partial charge in [0.25, 0.3) is 6.54 Å². The summed E-state index contributed by atoms with van der Waals surface area (Å²) in [6, 6.07) is 13.7. The van der Waals surface area contributed by atoms with Crippen LogP contribution in [0.15, 0.2) is 48.5 Å². The summed E-state index contributed by atoms with van der Waals surface area (Å²) in [5.74, 6) is -1.42. The van der Waals surface area contributed by atoms with Crippen molar-refractivity contribution in [3.8, 4) is 0 Å². The molecule has 2 aromatic rings. The van der Waals surface area contributed by atoms with Crippen LogP contribution in [0.5, 0.6) is 0 Å². The smallest absolute Gasteiger partial charge is 0.265 e. The second-order valence-electron chi connectivity index (χ2n) is 5.20. The summed E-state index contributed by atoms with van der Waals surface area (Å²) in [5, 5.41) is 13.1. The lowest BCUT2D eigenvalue weighted by Gasteiger charge is -2.14. The summed E-state index contributed by atoms with van der Waals surface area (Å²) >= 11 is 6.12. The molecule has 1 unspecified atom stereocenters. The standard InChI is InChI=1S/C17H15ClN2O4/c1-11(12-6-3-2-4-7-12)17(22)19-14-9-5-8-13(16(14)18)15(21)10-20(23)24/h2-9,11H,10H2,1H3,(H,19,22). The van der Waals surface area contributed by atoms with Crippen LogP contribution in [0.1, 0.15) is 28.8 Å². The van der Waals surface area contributed by atoms with Gasteiger partial charge in [0.15, 0.2) is 0 Å². The highest BCUT2D eigenvalue weighted by atomic mass is 35.5. The van der Waals surface area contributed by atoms with Gasteiger partial charge >= 0.3 is 0 Å². The summed E-state index contributed by atoms with van der Waals surface area (Å²) in [6.45, 7) is 0.901. The van der Waals surface area contributed by atoms with E-state index in [0.717, 1.165) is 5.56 Å². The van der Waals surface area contributed by atoms with Gasteiger partial charge in [-0.15, -0.1) is 0 Å². The number of amides is 1. The molecule has 0 heterocycles. The van der Waals surface area contributed by atoms with E-state index < -0.39 is 23.2 Å². The Kier molecular flexibility index (Phi) is 5.65. The summed E-state index contributed by atoms with van der Waals surface area (Å²) in [6.07, 6.45) is 0. The van der Waals surface area contributed by atoms with Crippen LogP contribution in [0.4, 0.5) is 5.69 Å². The van der Waals surface area contributed by atoms with Gasteiger partial charge in [0, 0.05) is 10.5 Å².